The maximum absolute atomic E-state index is 13.3. The van der Waals surface area contributed by atoms with Gasteiger partial charge >= 0.3 is 0 Å². The van der Waals surface area contributed by atoms with Gasteiger partial charge in [-0.05, 0) is 61.6 Å². The minimum Gasteiger partial charge on any atom is -0.495 e. The second-order valence-corrected chi connectivity index (χ2v) is 13.0. The van der Waals surface area contributed by atoms with Crippen molar-refractivity contribution in [2.24, 2.45) is 0 Å². The molecule has 0 unspecified atom stereocenters. The van der Waals surface area contributed by atoms with Crippen molar-refractivity contribution in [1.29, 1.82) is 0 Å². The number of nitrogens with one attached hydrogen (secondary N) is 1. The third-order valence-corrected chi connectivity index (χ3v) is 10.5. The van der Waals surface area contributed by atoms with E-state index in [0.717, 1.165) is 44.1 Å². The Morgan fingerprint density at radius 2 is 1.36 bits per heavy atom. The van der Waals surface area contributed by atoms with Crippen molar-refractivity contribution in [3.8, 4) is 5.75 Å². The van der Waals surface area contributed by atoms with Crippen LogP contribution in [0.5, 0.6) is 5.75 Å². The van der Waals surface area contributed by atoms with Crippen molar-refractivity contribution in [2.45, 2.75) is 54.9 Å². The SMILES string of the molecule is COc1ccc(C(=O)NCc2ccc(S(=O)(=O)N3CCCC3)cc2)cc1S(=O)(=O)N1CCCCCC1. The van der Waals surface area contributed by atoms with Crippen LogP contribution in [0.3, 0.4) is 0 Å². The Morgan fingerprint density at radius 3 is 1.94 bits per heavy atom. The summed E-state index contributed by atoms with van der Waals surface area (Å²) in [6.07, 6.45) is 5.35. The molecule has 11 heteroatoms. The van der Waals surface area contributed by atoms with Crippen molar-refractivity contribution in [3.05, 3.63) is 53.6 Å². The molecule has 2 aliphatic heterocycles. The summed E-state index contributed by atoms with van der Waals surface area (Å²) in [5, 5.41) is 2.79. The molecule has 0 aliphatic carbocycles. The van der Waals surface area contributed by atoms with Crippen LogP contribution in [0.15, 0.2) is 52.3 Å². The topological polar surface area (TPSA) is 113 Å². The van der Waals surface area contributed by atoms with Crippen LogP contribution in [0.2, 0.25) is 0 Å². The number of benzene rings is 2. The molecule has 196 valence electrons. The molecule has 0 spiro atoms. The molecule has 2 fully saturated rings. The molecule has 9 nitrogen and oxygen atoms in total. The smallest absolute Gasteiger partial charge is 0.251 e. The molecule has 0 atom stereocenters. The number of hydrogen-bond acceptors (Lipinski definition) is 6. The number of amides is 1. The number of sulfonamides is 2. The molecule has 1 N–H and O–H groups in total. The predicted molar refractivity (Wildman–Crippen MR) is 136 cm³/mol. The number of carbonyl (C=O) groups excluding carboxylic acids is 1. The van der Waals surface area contributed by atoms with Gasteiger partial charge in [-0.15, -0.1) is 0 Å². The maximum Gasteiger partial charge on any atom is 0.251 e. The Kier molecular flexibility index (Phi) is 8.34. The highest BCUT2D eigenvalue weighted by atomic mass is 32.2. The molecular weight excluding hydrogens is 502 g/mol. The van der Waals surface area contributed by atoms with Crippen LogP contribution < -0.4 is 10.1 Å². The van der Waals surface area contributed by atoms with Crippen LogP contribution in [0.25, 0.3) is 0 Å². The summed E-state index contributed by atoms with van der Waals surface area (Å²) in [6, 6.07) is 10.8. The van der Waals surface area contributed by atoms with Gasteiger partial charge in [0.2, 0.25) is 20.0 Å². The lowest BCUT2D eigenvalue weighted by Crippen LogP contribution is -2.32. The zero-order valence-electron chi connectivity index (χ0n) is 20.5. The second-order valence-electron chi connectivity index (χ2n) is 9.12. The average Bonchev–Trinajstić information content (AvgIpc) is 3.30. The van der Waals surface area contributed by atoms with Crippen LogP contribution in [-0.2, 0) is 26.6 Å². The first-order chi connectivity index (χ1) is 17.2. The summed E-state index contributed by atoms with van der Waals surface area (Å²) in [4.78, 5) is 13.1. The molecule has 2 saturated heterocycles. The van der Waals surface area contributed by atoms with Gasteiger partial charge in [-0.1, -0.05) is 25.0 Å². The lowest BCUT2D eigenvalue weighted by atomic mass is 10.2. The summed E-state index contributed by atoms with van der Waals surface area (Å²) in [5.41, 5.74) is 0.937. The quantitative estimate of drug-likeness (QED) is 0.556. The fraction of sp³-hybridized carbons (Fsp3) is 0.480. The first-order valence-corrected chi connectivity index (χ1v) is 15.2. The normalized spacial score (nSPS) is 18.0. The van der Waals surface area contributed by atoms with E-state index in [0.29, 0.717) is 26.2 Å². The standard InChI is InChI=1S/C25H33N3O6S2/c1-34-23-13-10-21(18-24(23)36(32,33)28-14-4-2-3-5-15-28)25(29)26-19-20-8-11-22(12-9-20)35(30,31)27-16-6-7-17-27/h8-13,18H,2-7,14-17,19H2,1H3,(H,26,29). The molecule has 2 aromatic carbocycles. The van der Waals surface area contributed by atoms with E-state index in [1.54, 1.807) is 24.3 Å². The number of hydrogen-bond donors (Lipinski definition) is 1. The third-order valence-electron chi connectivity index (χ3n) is 6.69. The van der Waals surface area contributed by atoms with Crippen molar-refractivity contribution < 1.29 is 26.4 Å². The van der Waals surface area contributed by atoms with Crippen molar-refractivity contribution in [3.63, 3.8) is 0 Å². The Morgan fingerprint density at radius 1 is 0.806 bits per heavy atom. The zero-order valence-corrected chi connectivity index (χ0v) is 22.1. The monoisotopic (exact) mass is 535 g/mol. The Labute approximate surface area is 213 Å². The van der Waals surface area contributed by atoms with E-state index >= 15 is 0 Å². The van der Waals surface area contributed by atoms with Crippen molar-refractivity contribution >= 4 is 26.0 Å². The second kappa shape index (κ2) is 11.3. The van der Waals surface area contributed by atoms with E-state index in [9.17, 15) is 21.6 Å². The van der Waals surface area contributed by atoms with E-state index in [4.69, 9.17) is 4.74 Å². The average molecular weight is 536 g/mol. The minimum absolute atomic E-state index is 0.0176. The third kappa shape index (κ3) is 5.74. The fourth-order valence-electron chi connectivity index (χ4n) is 4.58. The van der Waals surface area contributed by atoms with Gasteiger partial charge in [-0.25, -0.2) is 16.8 Å². The van der Waals surface area contributed by atoms with Gasteiger partial charge in [0.25, 0.3) is 5.91 Å². The zero-order chi connectivity index (χ0) is 25.8. The van der Waals surface area contributed by atoms with Gasteiger partial charge in [0.1, 0.15) is 10.6 Å². The molecule has 2 aliphatic rings. The van der Waals surface area contributed by atoms with Gasteiger partial charge in [0.15, 0.2) is 0 Å². The van der Waals surface area contributed by atoms with E-state index in [1.807, 2.05) is 0 Å². The first kappa shape index (κ1) is 26.6. The van der Waals surface area contributed by atoms with Crippen LogP contribution in [0, 0.1) is 0 Å². The summed E-state index contributed by atoms with van der Waals surface area (Å²) in [6.45, 7) is 2.15. The van der Waals surface area contributed by atoms with E-state index in [1.165, 1.54) is 33.9 Å². The van der Waals surface area contributed by atoms with Crippen LogP contribution >= 0.6 is 0 Å². The number of nitrogens with zero attached hydrogens (tertiary/aromatic N) is 2. The summed E-state index contributed by atoms with van der Waals surface area (Å²) < 4.78 is 60.3. The van der Waals surface area contributed by atoms with E-state index in [2.05, 4.69) is 5.32 Å². The Bertz CT molecular complexity index is 1280. The van der Waals surface area contributed by atoms with Gasteiger partial charge in [0.05, 0.1) is 12.0 Å². The highest BCUT2D eigenvalue weighted by molar-refractivity contribution is 7.89. The Hall–Kier alpha value is -2.47. The summed E-state index contributed by atoms with van der Waals surface area (Å²) in [5.74, 6) is -0.232. The van der Waals surface area contributed by atoms with Gasteiger partial charge in [-0.3, -0.25) is 4.79 Å². The Balaban J connectivity index is 1.46. The van der Waals surface area contributed by atoms with Gasteiger partial charge in [-0.2, -0.15) is 8.61 Å². The lowest BCUT2D eigenvalue weighted by Gasteiger charge is -2.21. The number of rotatable bonds is 8. The van der Waals surface area contributed by atoms with E-state index < -0.39 is 26.0 Å². The molecule has 1 amide bonds. The lowest BCUT2D eigenvalue weighted by molar-refractivity contribution is 0.0950. The fourth-order valence-corrected chi connectivity index (χ4v) is 7.80. The van der Waals surface area contributed by atoms with E-state index in [-0.39, 0.29) is 27.6 Å². The molecule has 2 heterocycles. The maximum atomic E-state index is 13.3. The van der Waals surface area contributed by atoms with Crippen LogP contribution in [-0.4, -0.2) is 64.6 Å². The van der Waals surface area contributed by atoms with Crippen molar-refractivity contribution in [2.75, 3.05) is 33.3 Å². The summed E-state index contributed by atoms with van der Waals surface area (Å²) in [7, 11) is -5.90. The molecule has 0 saturated carbocycles. The number of ether oxygens (including phenoxy) is 1. The molecule has 2 aromatic rings. The van der Waals surface area contributed by atoms with Crippen molar-refractivity contribution in [1.82, 2.24) is 13.9 Å². The molecule has 36 heavy (non-hydrogen) atoms. The first-order valence-electron chi connectivity index (χ1n) is 12.3. The highest BCUT2D eigenvalue weighted by Crippen LogP contribution is 2.29. The molecule has 0 aromatic heterocycles. The highest BCUT2D eigenvalue weighted by Gasteiger charge is 2.29. The molecule has 0 radical (unpaired) electrons. The van der Waals surface area contributed by atoms with Crippen LogP contribution in [0.1, 0.15) is 54.4 Å². The van der Waals surface area contributed by atoms with Gasteiger partial charge in [0, 0.05) is 38.3 Å². The molecule has 4 rings (SSSR count). The summed E-state index contributed by atoms with van der Waals surface area (Å²) >= 11 is 0. The van der Waals surface area contributed by atoms with Crippen LogP contribution in [0.4, 0.5) is 0 Å². The number of methoxy groups -OCH3 is 1. The van der Waals surface area contributed by atoms with Gasteiger partial charge < -0.3 is 10.1 Å². The molecular formula is C25H33N3O6S2. The molecule has 0 bridgehead atoms. The predicted octanol–water partition coefficient (Wildman–Crippen LogP) is 2.97. The number of carbonyl (C=O) groups is 1. The minimum atomic E-state index is -3.81. The largest absolute Gasteiger partial charge is 0.495 e.